The van der Waals surface area contributed by atoms with Gasteiger partial charge in [-0.05, 0) is 38.2 Å². The van der Waals surface area contributed by atoms with Crippen LogP contribution in [0.25, 0.3) is 0 Å². The summed E-state index contributed by atoms with van der Waals surface area (Å²) in [5.41, 5.74) is 0.123. The Morgan fingerprint density at radius 1 is 1.35 bits per heavy atom. The Labute approximate surface area is 123 Å². The van der Waals surface area contributed by atoms with E-state index in [0.29, 0.717) is 6.42 Å². The predicted molar refractivity (Wildman–Crippen MR) is 86.2 cm³/mol. The van der Waals surface area contributed by atoms with E-state index < -0.39 is 5.60 Å². The minimum atomic E-state index is -0.807. The minimum Gasteiger partial charge on any atom is -0.497 e. The molecule has 1 aromatic rings. The van der Waals surface area contributed by atoms with Crippen molar-refractivity contribution in [3.8, 4) is 5.75 Å². The molecule has 0 bridgehead atoms. The van der Waals surface area contributed by atoms with Gasteiger partial charge >= 0.3 is 0 Å². The van der Waals surface area contributed by atoms with Crippen LogP contribution in [0.4, 0.5) is 0 Å². The normalized spacial score (nSPS) is 14.9. The van der Waals surface area contributed by atoms with Gasteiger partial charge in [0.2, 0.25) is 0 Å². The molecule has 0 spiro atoms. The zero-order valence-corrected chi connectivity index (χ0v) is 13.5. The van der Waals surface area contributed by atoms with Crippen LogP contribution in [-0.4, -0.2) is 37.8 Å². The van der Waals surface area contributed by atoms with Crippen molar-refractivity contribution in [3.05, 3.63) is 43.0 Å². The first-order valence-electron chi connectivity index (χ1n) is 6.95. The van der Waals surface area contributed by atoms with Crippen LogP contribution < -0.4 is 4.74 Å². The molecular weight excluding hydrogens is 250 g/mol. The molecule has 0 aromatic heterocycles. The third-order valence-corrected chi connectivity index (χ3v) is 3.56. The van der Waals surface area contributed by atoms with Gasteiger partial charge in [-0.15, -0.1) is 13.2 Å². The van der Waals surface area contributed by atoms with E-state index in [4.69, 9.17) is 4.74 Å². The van der Waals surface area contributed by atoms with Crippen LogP contribution in [-0.2, 0) is 5.60 Å². The fraction of sp³-hybridized carbons (Fsp3) is 0.529. The van der Waals surface area contributed by atoms with Crippen molar-refractivity contribution in [1.82, 2.24) is 4.90 Å². The predicted octanol–water partition coefficient (Wildman–Crippen LogP) is 3.29. The monoisotopic (exact) mass is 279 g/mol. The summed E-state index contributed by atoms with van der Waals surface area (Å²) in [6.45, 7) is 11.0. The van der Waals surface area contributed by atoms with E-state index in [9.17, 15) is 5.11 Å². The van der Waals surface area contributed by atoms with Crippen LogP contribution in [0.15, 0.2) is 37.4 Å². The van der Waals surface area contributed by atoms with E-state index in [1.807, 2.05) is 45.3 Å². The molecule has 1 rings (SSSR count). The second-order valence-corrected chi connectivity index (χ2v) is 5.17. The third-order valence-electron chi connectivity index (χ3n) is 3.56. The third kappa shape index (κ3) is 4.66. The van der Waals surface area contributed by atoms with E-state index in [1.54, 1.807) is 7.11 Å². The first kappa shape index (κ1) is 18.7. The van der Waals surface area contributed by atoms with E-state index >= 15 is 0 Å². The van der Waals surface area contributed by atoms with Crippen molar-refractivity contribution in [2.75, 3.05) is 27.7 Å². The molecule has 0 amide bonds. The SMILES string of the molecule is C=C.CC[C@](O)(c1cccc(OC)c1)C(C)CN(C)C. The topological polar surface area (TPSA) is 32.7 Å². The highest BCUT2D eigenvalue weighted by molar-refractivity contribution is 5.32. The van der Waals surface area contributed by atoms with Gasteiger partial charge in [-0.2, -0.15) is 0 Å². The standard InChI is InChI=1S/C15H25NO2.C2H4/c1-6-15(17,12(2)11-16(3)4)13-8-7-9-14(10-13)18-5;1-2/h7-10,12,17H,6,11H2,1-5H3;1-2H2/t12?,15-;/m1./s1. The van der Waals surface area contributed by atoms with Gasteiger partial charge in [0.1, 0.15) is 5.75 Å². The molecule has 0 radical (unpaired) electrons. The van der Waals surface area contributed by atoms with Gasteiger partial charge in [0.25, 0.3) is 0 Å². The first-order valence-corrected chi connectivity index (χ1v) is 6.95. The van der Waals surface area contributed by atoms with Crippen LogP contribution in [0.2, 0.25) is 0 Å². The Kier molecular flexibility index (Phi) is 8.19. The molecule has 1 N–H and O–H groups in total. The Bertz CT molecular complexity index is 392. The average molecular weight is 279 g/mol. The van der Waals surface area contributed by atoms with Crippen LogP contribution in [0.1, 0.15) is 25.8 Å². The maximum atomic E-state index is 10.9. The molecule has 114 valence electrons. The molecule has 3 heteroatoms. The average Bonchev–Trinajstić information content (AvgIpc) is 2.47. The van der Waals surface area contributed by atoms with Crippen molar-refractivity contribution >= 4 is 0 Å². The Hall–Kier alpha value is -1.32. The minimum absolute atomic E-state index is 0.157. The lowest BCUT2D eigenvalue weighted by Gasteiger charge is -2.35. The van der Waals surface area contributed by atoms with Crippen molar-refractivity contribution in [2.24, 2.45) is 5.92 Å². The van der Waals surface area contributed by atoms with Gasteiger partial charge in [-0.3, -0.25) is 0 Å². The highest BCUT2D eigenvalue weighted by Gasteiger charge is 2.34. The fourth-order valence-electron chi connectivity index (χ4n) is 2.43. The summed E-state index contributed by atoms with van der Waals surface area (Å²) in [6, 6.07) is 7.72. The molecule has 0 saturated heterocycles. The quantitative estimate of drug-likeness (QED) is 0.811. The molecule has 0 aliphatic carbocycles. The van der Waals surface area contributed by atoms with Gasteiger partial charge in [0.15, 0.2) is 0 Å². The van der Waals surface area contributed by atoms with Crippen LogP contribution >= 0.6 is 0 Å². The summed E-state index contributed by atoms with van der Waals surface area (Å²) < 4.78 is 5.23. The van der Waals surface area contributed by atoms with E-state index in [0.717, 1.165) is 17.9 Å². The lowest BCUT2D eigenvalue weighted by Crippen LogP contribution is -2.38. The van der Waals surface area contributed by atoms with Crippen LogP contribution in [0, 0.1) is 5.92 Å². The molecule has 0 heterocycles. The van der Waals surface area contributed by atoms with E-state index in [2.05, 4.69) is 25.0 Å². The number of aliphatic hydroxyl groups is 1. The van der Waals surface area contributed by atoms with Crippen molar-refractivity contribution in [1.29, 1.82) is 0 Å². The number of ether oxygens (including phenoxy) is 1. The highest BCUT2D eigenvalue weighted by atomic mass is 16.5. The zero-order chi connectivity index (χ0) is 15.8. The van der Waals surface area contributed by atoms with Crippen molar-refractivity contribution in [2.45, 2.75) is 25.9 Å². The lowest BCUT2D eigenvalue weighted by molar-refractivity contribution is -0.0293. The fourth-order valence-corrected chi connectivity index (χ4v) is 2.43. The van der Waals surface area contributed by atoms with Gasteiger partial charge in [-0.25, -0.2) is 0 Å². The molecular formula is C17H29NO2. The molecule has 20 heavy (non-hydrogen) atoms. The van der Waals surface area contributed by atoms with Crippen molar-refractivity contribution < 1.29 is 9.84 Å². The molecule has 1 unspecified atom stereocenters. The van der Waals surface area contributed by atoms with Gasteiger partial charge < -0.3 is 14.7 Å². The maximum absolute atomic E-state index is 10.9. The molecule has 2 atom stereocenters. The molecule has 0 fully saturated rings. The molecule has 0 aliphatic rings. The summed E-state index contributed by atoms with van der Waals surface area (Å²) in [4.78, 5) is 2.10. The largest absolute Gasteiger partial charge is 0.497 e. The van der Waals surface area contributed by atoms with Crippen LogP contribution in [0.5, 0.6) is 5.75 Å². The van der Waals surface area contributed by atoms with E-state index in [1.165, 1.54) is 0 Å². The number of hydrogen-bond donors (Lipinski definition) is 1. The molecule has 3 nitrogen and oxygen atoms in total. The summed E-state index contributed by atoms with van der Waals surface area (Å²) >= 11 is 0. The highest BCUT2D eigenvalue weighted by Crippen LogP contribution is 2.34. The Balaban J connectivity index is 0.00000172. The van der Waals surface area contributed by atoms with Gasteiger partial charge in [-0.1, -0.05) is 26.0 Å². The summed E-state index contributed by atoms with van der Waals surface area (Å²) in [5, 5.41) is 10.9. The number of methoxy groups -OCH3 is 1. The zero-order valence-electron chi connectivity index (χ0n) is 13.5. The van der Waals surface area contributed by atoms with Crippen LogP contribution in [0.3, 0.4) is 0 Å². The number of nitrogens with zero attached hydrogens (tertiary/aromatic N) is 1. The summed E-state index contributed by atoms with van der Waals surface area (Å²) in [7, 11) is 5.70. The summed E-state index contributed by atoms with van der Waals surface area (Å²) in [6.07, 6.45) is 0.690. The first-order chi connectivity index (χ1) is 9.43. The second-order valence-electron chi connectivity index (χ2n) is 5.17. The lowest BCUT2D eigenvalue weighted by atomic mass is 9.80. The maximum Gasteiger partial charge on any atom is 0.119 e. The Morgan fingerprint density at radius 3 is 2.40 bits per heavy atom. The number of rotatable bonds is 6. The van der Waals surface area contributed by atoms with Crippen molar-refractivity contribution in [3.63, 3.8) is 0 Å². The molecule has 1 aromatic carbocycles. The number of hydrogen-bond acceptors (Lipinski definition) is 3. The number of benzene rings is 1. The van der Waals surface area contributed by atoms with Gasteiger partial charge in [0, 0.05) is 12.5 Å². The van der Waals surface area contributed by atoms with Gasteiger partial charge in [0.05, 0.1) is 12.7 Å². The van der Waals surface area contributed by atoms with E-state index in [-0.39, 0.29) is 5.92 Å². The summed E-state index contributed by atoms with van der Waals surface area (Å²) in [5.74, 6) is 0.945. The smallest absolute Gasteiger partial charge is 0.119 e. The second kappa shape index (κ2) is 8.77. The molecule has 0 saturated carbocycles. The molecule has 0 aliphatic heterocycles. The Morgan fingerprint density at radius 2 is 1.95 bits per heavy atom.